The second-order valence-electron chi connectivity index (χ2n) is 3.61. The second-order valence-corrected chi connectivity index (χ2v) is 3.61. The van der Waals surface area contributed by atoms with Gasteiger partial charge in [-0.15, -0.1) is 0 Å². The molecule has 3 N–H and O–H groups in total. The molecule has 2 aromatic rings. The molecule has 86 valence electrons. The lowest BCUT2D eigenvalue weighted by Gasteiger charge is -2.04. The lowest BCUT2D eigenvalue weighted by Crippen LogP contribution is -2.10. The number of carbonyl (C=O) groups excluding carboxylic acids is 1. The van der Waals surface area contributed by atoms with Crippen LogP contribution in [0.2, 0.25) is 0 Å². The van der Waals surface area contributed by atoms with Crippen LogP contribution in [-0.2, 0) is 0 Å². The Hall–Kier alpha value is -2.36. The first-order valence-electron chi connectivity index (χ1n) is 4.96. The number of nitrogens with two attached hydrogens (primary N) is 1. The molecule has 2 rings (SSSR count). The van der Waals surface area contributed by atoms with Gasteiger partial charge in [0.25, 0.3) is 0 Å². The van der Waals surface area contributed by atoms with E-state index in [-0.39, 0.29) is 0 Å². The number of phenols is 1. The summed E-state index contributed by atoms with van der Waals surface area (Å²) in [5.41, 5.74) is 6.76. The Bertz CT molecular complexity index is 581. The molecule has 17 heavy (non-hydrogen) atoms. The molecule has 0 bridgehead atoms. The molecular formula is C13H10FNO2. The third-order valence-corrected chi connectivity index (χ3v) is 2.43. The third-order valence-electron chi connectivity index (χ3n) is 2.43. The van der Waals surface area contributed by atoms with Crippen molar-refractivity contribution in [3.63, 3.8) is 0 Å². The minimum atomic E-state index is -0.702. The van der Waals surface area contributed by atoms with Crippen molar-refractivity contribution >= 4 is 5.91 Å². The van der Waals surface area contributed by atoms with E-state index in [2.05, 4.69) is 0 Å². The largest absolute Gasteiger partial charge is 0.505 e. The maximum atomic E-state index is 13.2. The number of phenolic OH excluding ortho intramolecular Hbond substituents is 1. The van der Waals surface area contributed by atoms with Gasteiger partial charge in [-0.25, -0.2) is 4.39 Å². The summed E-state index contributed by atoms with van der Waals surface area (Å²) in [5, 5.41) is 9.08. The summed E-state index contributed by atoms with van der Waals surface area (Å²) in [5.74, 6) is -1.64. The quantitative estimate of drug-likeness (QED) is 0.832. The van der Waals surface area contributed by atoms with Crippen molar-refractivity contribution in [2.24, 2.45) is 5.73 Å². The number of primary amides is 1. The van der Waals surface area contributed by atoms with Gasteiger partial charge in [0.05, 0.1) is 0 Å². The van der Waals surface area contributed by atoms with E-state index in [9.17, 15) is 9.18 Å². The van der Waals surface area contributed by atoms with Crippen LogP contribution >= 0.6 is 0 Å². The van der Waals surface area contributed by atoms with Crippen LogP contribution in [0.1, 0.15) is 10.4 Å². The van der Waals surface area contributed by atoms with Crippen molar-refractivity contribution in [3.8, 4) is 16.9 Å². The van der Waals surface area contributed by atoms with Crippen LogP contribution < -0.4 is 5.73 Å². The molecule has 3 nitrogen and oxygen atoms in total. The van der Waals surface area contributed by atoms with E-state index in [0.717, 1.165) is 0 Å². The Morgan fingerprint density at radius 3 is 2.47 bits per heavy atom. The van der Waals surface area contributed by atoms with Gasteiger partial charge in [-0.1, -0.05) is 18.2 Å². The van der Waals surface area contributed by atoms with Gasteiger partial charge in [0, 0.05) is 5.56 Å². The summed E-state index contributed by atoms with van der Waals surface area (Å²) in [6, 6.07) is 10.6. The van der Waals surface area contributed by atoms with E-state index in [1.807, 2.05) is 0 Å². The van der Waals surface area contributed by atoms with E-state index in [1.165, 1.54) is 12.1 Å². The van der Waals surface area contributed by atoms with Gasteiger partial charge in [0.2, 0.25) is 5.91 Å². The highest BCUT2D eigenvalue weighted by Gasteiger charge is 2.06. The zero-order valence-electron chi connectivity index (χ0n) is 8.85. The van der Waals surface area contributed by atoms with Crippen LogP contribution in [0.4, 0.5) is 4.39 Å². The van der Waals surface area contributed by atoms with E-state index >= 15 is 0 Å². The molecule has 0 heterocycles. The van der Waals surface area contributed by atoms with Crippen molar-refractivity contribution in [3.05, 3.63) is 53.8 Å². The highest BCUT2D eigenvalue weighted by Crippen LogP contribution is 2.25. The van der Waals surface area contributed by atoms with Gasteiger partial charge < -0.3 is 10.8 Å². The number of hydrogen-bond acceptors (Lipinski definition) is 2. The van der Waals surface area contributed by atoms with Crippen molar-refractivity contribution in [2.45, 2.75) is 0 Å². The Morgan fingerprint density at radius 1 is 1.12 bits per heavy atom. The summed E-state index contributed by atoms with van der Waals surface area (Å²) in [4.78, 5) is 11.0. The lowest BCUT2D eigenvalue weighted by atomic mass is 10.0. The van der Waals surface area contributed by atoms with Gasteiger partial charge in [0.15, 0.2) is 11.6 Å². The van der Waals surface area contributed by atoms with E-state index in [4.69, 9.17) is 10.8 Å². The number of halogens is 1. The summed E-state index contributed by atoms with van der Waals surface area (Å²) in [6.07, 6.45) is 0. The molecule has 1 amide bonds. The van der Waals surface area contributed by atoms with Crippen LogP contribution in [0, 0.1) is 5.82 Å². The molecule has 0 aliphatic carbocycles. The van der Waals surface area contributed by atoms with Crippen molar-refractivity contribution in [1.29, 1.82) is 0 Å². The molecule has 0 saturated heterocycles. The van der Waals surface area contributed by atoms with Gasteiger partial charge in [-0.2, -0.15) is 0 Å². The first-order chi connectivity index (χ1) is 8.08. The zero-order chi connectivity index (χ0) is 12.4. The Morgan fingerprint density at radius 2 is 1.82 bits per heavy atom. The fourth-order valence-electron chi connectivity index (χ4n) is 1.54. The van der Waals surface area contributed by atoms with Crippen molar-refractivity contribution in [2.75, 3.05) is 0 Å². The van der Waals surface area contributed by atoms with Crippen LogP contribution in [0.25, 0.3) is 11.1 Å². The SMILES string of the molecule is NC(=O)c1cccc(-c2ccc(O)c(F)c2)c1. The fourth-order valence-corrected chi connectivity index (χ4v) is 1.54. The molecule has 2 aromatic carbocycles. The molecule has 0 aromatic heterocycles. The molecule has 4 heteroatoms. The predicted molar refractivity (Wildman–Crippen MR) is 62.0 cm³/mol. The van der Waals surface area contributed by atoms with Crippen LogP contribution in [0.15, 0.2) is 42.5 Å². The molecule has 0 atom stereocenters. The monoisotopic (exact) mass is 231 g/mol. The number of benzene rings is 2. The Balaban J connectivity index is 2.49. The van der Waals surface area contributed by atoms with Crippen molar-refractivity contribution in [1.82, 2.24) is 0 Å². The predicted octanol–water partition coefficient (Wildman–Crippen LogP) is 2.30. The minimum absolute atomic E-state index is 0.357. The highest BCUT2D eigenvalue weighted by molar-refractivity contribution is 5.94. The molecule has 0 unspecified atom stereocenters. The molecule has 0 spiro atoms. The van der Waals surface area contributed by atoms with E-state index < -0.39 is 17.5 Å². The molecule has 0 fully saturated rings. The summed E-state index contributed by atoms with van der Waals surface area (Å²) < 4.78 is 13.2. The first kappa shape index (κ1) is 11.1. The maximum Gasteiger partial charge on any atom is 0.248 e. The second kappa shape index (κ2) is 4.25. The van der Waals surface area contributed by atoms with Gasteiger partial charge in [0.1, 0.15) is 0 Å². The molecular weight excluding hydrogens is 221 g/mol. The standard InChI is InChI=1S/C13H10FNO2/c14-11-7-9(4-5-12(11)16)8-2-1-3-10(6-8)13(15)17/h1-7,16H,(H2,15,17). The third kappa shape index (κ3) is 2.25. The average molecular weight is 231 g/mol. The highest BCUT2D eigenvalue weighted by atomic mass is 19.1. The number of rotatable bonds is 2. The summed E-state index contributed by atoms with van der Waals surface area (Å²) >= 11 is 0. The van der Waals surface area contributed by atoms with Crippen LogP contribution in [-0.4, -0.2) is 11.0 Å². The number of hydrogen-bond donors (Lipinski definition) is 2. The van der Waals surface area contributed by atoms with E-state index in [0.29, 0.717) is 16.7 Å². The van der Waals surface area contributed by atoms with E-state index in [1.54, 1.807) is 30.3 Å². The molecule has 0 radical (unpaired) electrons. The van der Waals surface area contributed by atoms with Gasteiger partial charge in [-0.3, -0.25) is 4.79 Å². The maximum absolute atomic E-state index is 13.2. The lowest BCUT2D eigenvalue weighted by molar-refractivity contribution is 0.100. The normalized spacial score (nSPS) is 10.2. The topological polar surface area (TPSA) is 63.3 Å². The van der Waals surface area contributed by atoms with Gasteiger partial charge in [-0.05, 0) is 35.4 Å². The Labute approximate surface area is 97.3 Å². The summed E-state index contributed by atoms with van der Waals surface area (Å²) in [6.45, 7) is 0. The van der Waals surface area contributed by atoms with Crippen LogP contribution in [0.5, 0.6) is 5.75 Å². The minimum Gasteiger partial charge on any atom is -0.505 e. The first-order valence-corrected chi connectivity index (χ1v) is 4.96. The molecule has 0 aliphatic rings. The number of aromatic hydroxyl groups is 1. The molecule has 0 saturated carbocycles. The smallest absolute Gasteiger partial charge is 0.248 e. The summed E-state index contributed by atoms with van der Waals surface area (Å²) in [7, 11) is 0. The molecule has 0 aliphatic heterocycles. The van der Waals surface area contributed by atoms with Crippen LogP contribution in [0.3, 0.4) is 0 Å². The van der Waals surface area contributed by atoms with Crippen molar-refractivity contribution < 1.29 is 14.3 Å². The average Bonchev–Trinajstić information content (AvgIpc) is 2.33. The van der Waals surface area contributed by atoms with Gasteiger partial charge >= 0.3 is 0 Å². The fraction of sp³-hybridized carbons (Fsp3) is 0. The zero-order valence-corrected chi connectivity index (χ0v) is 8.85. The number of carbonyl (C=O) groups is 1. The number of amides is 1. The Kier molecular flexibility index (Phi) is 2.78.